The Bertz CT molecular complexity index is 613. The SMILES string of the molecule is COC(=O)c1cc(Cl)nc2c(Cl)cc(Cl)cc12. The van der Waals surface area contributed by atoms with Gasteiger partial charge in [0.1, 0.15) is 5.15 Å². The van der Waals surface area contributed by atoms with E-state index in [0.717, 1.165) is 0 Å². The molecule has 0 bridgehead atoms. The zero-order valence-corrected chi connectivity index (χ0v) is 10.9. The van der Waals surface area contributed by atoms with Gasteiger partial charge in [-0.05, 0) is 18.2 Å². The minimum atomic E-state index is -0.516. The van der Waals surface area contributed by atoms with Gasteiger partial charge in [-0.3, -0.25) is 0 Å². The number of methoxy groups -OCH3 is 1. The van der Waals surface area contributed by atoms with Crippen LogP contribution < -0.4 is 0 Å². The highest BCUT2D eigenvalue weighted by atomic mass is 35.5. The predicted octanol–water partition coefficient (Wildman–Crippen LogP) is 3.98. The van der Waals surface area contributed by atoms with Crippen molar-refractivity contribution in [2.75, 3.05) is 7.11 Å². The maximum Gasteiger partial charge on any atom is 0.338 e. The van der Waals surface area contributed by atoms with Crippen molar-refractivity contribution < 1.29 is 9.53 Å². The molecule has 0 unspecified atom stereocenters. The number of aromatic nitrogens is 1. The Morgan fingerprint density at radius 2 is 1.94 bits per heavy atom. The van der Waals surface area contributed by atoms with Crippen LogP contribution >= 0.6 is 34.8 Å². The Labute approximate surface area is 112 Å². The average molecular weight is 291 g/mol. The van der Waals surface area contributed by atoms with Crippen molar-refractivity contribution in [2.24, 2.45) is 0 Å². The molecule has 0 aliphatic heterocycles. The highest BCUT2D eigenvalue weighted by Gasteiger charge is 2.15. The molecule has 0 saturated carbocycles. The first-order chi connectivity index (χ1) is 8.02. The lowest BCUT2D eigenvalue weighted by Crippen LogP contribution is -2.03. The molecule has 1 heterocycles. The number of hydrogen-bond donors (Lipinski definition) is 0. The lowest BCUT2D eigenvalue weighted by atomic mass is 10.1. The fraction of sp³-hybridized carbons (Fsp3) is 0.0909. The zero-order chi connectivity index (χ0) is 12.6. The fourth-order valence-electron chi connectivity index (χ4n) is 1.50. The summed E-state index contributed by atoms with van der Waals surface area (Å²) >= 11 is 17.7. The third kappa shape index (κ3) is 2.32. The third-order valence-corrected chi connectivity index (χ3v) is 2.91. The molecule has 2 aromatic rings. The molecule has 0 N–H and O–H groups in total. The summed E-state index contributed by atoms with van der Waals surface area (Å²) in [7, 11) is 1.29. The number of esters is 1. The molecule has 2 rings (SSSR count). The van der Waals surface area contributed by atoms with Crippen molar-refractivity contribution >= 4 is 51.7 Å². The molecule has 0 spiro atoms. The smallest absolute Gasteiger partial charge is 0.338 e. The van der Waals surface area contributed by atoms with Crippen molar-refractivity contribution in [3.8, 4) is 0 Å². The molecule has 0 amide bonds. The lowest BCUT2D eigenvalue weighted by molar-refractivity contribution is 0.0603. The van der Waals surface area contributed by atoms with E-state index in [2.05, 4.69) is 9.72 Å². The summed E-state index contributed by atoms with van der Waals surface area (Å²) in [5.74, 6) is -0.516. The van der Waals surface area contributed by atoms with Crippen molar-refractivity contribution in [3.05, 3.63) is 39.0 Å². The molecule has 88 valence electrons. The van der Waals surface area contributed by atoms with E-state index in [4.69, 9.17) is 34.8 Å². The summed E-state index contributed by atoms with van der Waals surface area (Å²) in [6.07, 6.45) is 0. The number of fused-ring (bicyclic) bond motifs is 1. The number of benzene rings is 1. The maximum atomic E-state index is 11.6. The average Bonchev–Trinajstić information content (AvgIpc) is 2.28. The number of pyridine rings is 1. The van der Waals surface area contributed by atoms with Crippen molar-refractivity contribution in [1.29, 1.82) is 0 Å². The Hall–Kier alpha value is -1.03. The van der Waals surface area contributed by atoms with E-state index in [1.54, 1.807) is 6.07 Å². The molecule has 6 heteroatoms. The largest absolute Gasteiger partial charge is 0.465 e. The summed E-state index contributed by atoms with van der Waals surface area (Å²) in [5.41, 5.74) is 0.705. The Kier molecular flexibility index (Phi) is 3.43. The maximum absolute atomic E-state index is 11.6. The minimum absolute atomic E-state index is 0.169. The van der Waals surface area contributed by atoms with Gasteiger partial charge in [0.2, 0.25) is 0 Å². The van der Waals surface area contributed by atoms with Gasteiger partial charge in [-0.15, -0.1) is 0 Å². The molecular formula is C11H6Cl3NO2. The standard InChI is InChI=1S/C11H6Cl3NO2/c1-17-11(16)7-4-9(14)15-10-6(7)2-5(12)3-8(10)13/h2-4H,1H3. The van der Waals surface area contributed by atoms with Gasteiger partial charge < -0.3 is 4.74 Å². The van der Waals surface area contributed by atoms with Crippen LogP contribution in [-0.4, -0.2) is 18.1 Å². The van der Waals surface area contributed by atoms with E-state index >= 15 is 0 Å². The van der Waals surface area contributed by atoms with E-state index < -0.39 is 5.97 Å². The third-order valence-electron chi connectivity index (χ3n) is 2.21. The number of halogens is 3. The summed E-state index contributed by atoms with van der Waals surface area (Å²) in [5, 5.41) is 1.43. The molecular weight excluding hydrogens is 284 g/mol. The van der Waals surface area contributed by atoms with Crippen molar-refractivity contribution in [3.63, 3.8) is 0 Å². The molecule has 3 nitrogen and oxygen atoms in total. The van der Waals surface area contributed by atoms with Crippen LogP contribution in [0.25, 0.3) is 10.9 Å². The molecule has 17 heavy (non-hydrogen) atoms. The molecule has 0 aliphatic carbocycles. The molecule has 0 atom stereocenters. The van der Waals surface area contributed by atoms with Gasteiger partial charge in [-0.1, -0.05) is 34.8 Å². The first kappa shape index (κ1) is 12.4. The minimum Gasteiger partial charge on any atom is -0.465 e. The summed E-state index contributed by atoms with van der Waals surface area (Å²) in [6.45, 7) is 0. The molecule has 1 aromatic heterocycles. The van der Waals surface area contributed by atoms with Crippen LogP contribution in [0.3, 0.4) is 0 Å². The monoisotopic (exact) mass is 289 g/mol. The van der Waals surface area contributed by atoms with Crippen LogP contribution in [0.2, 0.25) is 15.2 Å². The predicted molar refractivity (Wildman–Crippen MR) is 68.1 cm³/mol. The Morgan fingerprint density at radius 3 is 2.59 bits per heavy atom. The van der Waals surface area contributed by atoms with E-state index in [1.165, 1.54) is 19.2 Å². The van der Waals surface area contributed by atoms with E-state index in [0.29, 0.717) is 20.9 Å². The fourth-order valence-corrected chi connectivity index (χ4v) is 2.23. The number of carbonyl (C=O) groups is 1. The summed E-state index contributed by atoms with van der Waals surface area (Å²) in [4.78, 5) is 15.7. The van der Waals surface area contributed by atoms with Crippen molar-refractivity contribution in [2.45, 2.75) is 0 Å². The van der Waals surface area contributed by atoms with Gasteiger partial charge in [0.25, 0.3) is 0 Å². The van der Waals surface area contributed by atoms with E-state index in [1.807, 2.05) is 0 Å². The van der Waals surface area contributed by atoms with Crippen LogP contribution in [0.15, 0.2) is 18.2 Å². The Morgan fingerprint density at radius 1 is 1.24 bits per heavy atom. The van der Waals surface area contributed by atoms with Gasteiger partial charge in [-0.25, -0.2) is 9.78 Å². The zero-order valence-electron chi connectivity index (χ0n) is 8.63. The van der Waals surface area contributed by atoms with Crippen molar-refractivity contribution in [1.82, 2.24) is 4.98 Å². The van der Waals surface area contributed by atoms with E-state index in [9.17, 15) is 4.79 Å². The van der Waals surface area contributed by atoms with Gasteiger partial charge >= 0.3 is 5.97 Å². The van der Waals surface area contributed by atoms with Gasteiger partial charge in [0.15, 0.2) is 0 Å². The molecule has 0 saturated heterocycles. The topological polar surface area (TPSA) is 39.2 Å². The first-order valence-corrected chi connectivity index (χ1v) is 5.70. The Balaban J connectivity index is 2.87. The first-order valence-electron chi connectivity index (χ1n) is 4.56. The number of carbonyl (C=O) groups excluding carboxylic acids is 1. The number of hydrogen-bond acceptors (Lipinski definition) is 3. The van der Waals surface area contributed by atoms with Gasteiger partial charge in [0.05, 0.1) is 23.2 Å². The van der Waals surface area contributed by atoms with Crippen LogP contribution in [0.1, 0.15) is 10.4 Å². The highest BCUT2D eigenvalue weighted by Crippen LogP contribution is 2.30. The molecule has 0 fully saturated rings. The lowest BCUT2D eigenvalue weighted by Gasteiger charge is -2.07. The summed E-state index contributed by atoms with van der Waals surface area (Å²) in [6, 6.07) is 4.55. The number of nitrogens with zero attached hydrogens (tertiary/aromatic N) is 1. The number of rotatable bonds is 1. The second-order valence-corrected chi connectivity index (χ2v) is 4.50. The van der Waals surface area contributed by atoms with Gasteiger partial charge in [-0.2, -0.15) is 0 Å². The number of ether oxygens (including phenoxy) is 1. The van der Waals surface area contributed by atoms with Crippen LogP contribution in [0.5, 0.6) is 0 Å². The molecule has 0 radical (unpaired) electrons. The van der Waals surface area contributed by atoms with Crippen LogP contribution in [-0.2, 0) is 4.74 Å². The van der Waals surface area contributed by atoms with E-state index in [-0.39, 0.29) is 10.7 Å². The van der Waals surface area contributed by atoms with Crippen LogP contribution in [0, 0.1) is 0 Å². The summed E-state index contributed by atoms with van der Waals surface area (Å²) < 4.78 is 4.67. The highest BCUT2D eigenvalue weighted by molar-refractivity contribution is 6.39. The normalized spacial score (nSPS) is 10.6. The van der Waals surface area contributed by atoms with Gasteiger partial charge in [0, 0.05) is 10.4 Å². The quantitative estimate of drug-likeness (QED) is 0.589. The second kappa shape index (κ2) is 4.69. The molecule has 1 aromatic carbocycles. The van der Waals surface area contributed by atoms with Crippen LogP contribution in [0.4, 0.5) is 0 Å². The second-order valence-electron chi connectivity index (χ2n) is 3.27. The molecule has 0 aliphatic rings.